The molecular formula is C13H20ClNOS. The maximum absolute atomic E-state index is 12.0. The van der Waals surface area contributed by atoms with Gasteiger partial charge in [-0.25, -0.2) is 0 Å². The molecule has 96 valence electrons. The van der Waals surface area contributed by atoms with Crippen LogP contribution in [-0.4, -0.2) is 22.5 Å². The van der Waals surface area contributed by atoms with E-state index in [4.69, 9.17) is 11.6 Å². The predicted molar refractivity (Wildman–Crippen MR) is 75.1 cm³/mol. The first kappa shape index (κ1) is 14.7. The summed E-state index contributed by atoms with van der Waals surface area (Å²) in [6.45, 7) is 5.30. The van der Waals surface area contributed by atoms with Crippen LogP contribution in [0.15, 0.2) is 29.2 Å². The third-order valence-corrected chi connectivity index (χ3v) is 4.21. The number of hydrogen-bond acceptors (Lipinski definition) is 2. The maximum Gasteiger partial charge on any atom is 0.0530 e. The Bertz CT molecular complexity index is 353. The summed E-state index contributed by atoms with van der Waals surface area (Å²) < 4.78 is 12.0. The van der Waals surface area contributed by atoms with E-state index in [0.29, 0.717) is 16.8 Å². The second-order valence-corrected chi connectivity index (χ2v) is 6.15. The van der Waals surface area contributed by atoms with Crippen molar-refractivity contribution in [1.29, 1.82) is 0 Å². The molecule has 1 rings (SSSR count). The number of hydrogen-bond donors (Lipinski definition) is 1. The zero-order valence-corrected chi connectivity index (χ0v) is 12.0. The summed E-state index contributed by atoms with van der Waals surface area (Å²) >= 11 is 5.79. The van der Waals surface area contributed by atoms with Crippen LogP contribution in [0.1, 0.15) is 26.7 Å². The summed E-state index contributed by atoms with van der Waals surface area (Å²) in [7, 11) is -0.916. The molecule has 1 aromatic carbocycles. The fourth-order valence-corrected chi connectivity index (χ4v) is 2.85. The van der Waals surface area contributed by atoms with E-state index < -0.39 is 10.8 Å². The van der Waals surface area contributed by atoms with Gasteiger partial charge in [0.15, 0.2) is 0 Å². The molecule has 0 aliphatic carbocycles. The first-order chi connectivity index (χ1) is 8.13. The van der Waals surface area contributed by atoms with Crippen molar-refractivity contribution in [3.8, 4) is 0 Å². The van der Waals surface area contributed by atoms with E-state index in [1.54, 1.807) is 12.1 Å². The van der Waals surface area contributed by atoms with Gasteiger partial charge in [0.05, 0.1) is 10.8 Å². The van der Waals surface area contributed by atoms with Crippen LogP contribution in [0.25, 0.3) is 0 Å². The molecule has 0 aromatic heterocycles. The summed E-state index contributed by atoms with van der Waals surface area (Å²) in [4.78, 5) is 0.858. The lowest BCUT2D eigenvalue weighted by atomic mass is 10.2. The van der Waals surface area contributed by atoms with Crippen molar-refractivity contribution in [3.05, 3.63) is 29.3 Å². The van der Waals surface area contributed by atoms with Crippen LogP contribution < -0.4 is 5.32 Å². The molecule has 2 unspecified atom stereocenters. The summed E-state index contributed by atoms with van der Waals surface area (Å²) in [6.07, 6.45) is 2.06. The fourth-order valence-electron chi connectivity index (χ4n) is 1.48. The summed E-state index contributed by atoms with van der Waals surface area (Å²) in [6, 6.07) is 7.66. The van der Waals surface area contributed by atoms with Gasteiger partial charge in [0.1, 0.15) is 0 Å². The summed E-state index contributed by atoms with van der Waals surface area (Å²) in [5, 5.41) is 4.08. The SMILES string of the molecule is CCCNC(C)CCS(=O)c1ccc(Cl)cc1. The number of halogens is 1. The zero-order valence-electron chi connectivity index (χ0n) is 10.4. The van der Waals surface area contributed by atoms with Gasteiger partial charge in [0.2, 0.25) is 0 Å². The van der Waals surface area contributed by atoms with Crippen molar-refractivity contribution in [2.75, 3.05) is 12.3 Å². The highest BCUT2D eigenvalue weighted by molar-refractivity contribution is 7.85. The van der Waals surface area contributed by atoms with Crippen LogP contribution in [0, 0.1) is 0 Å². The van der Waals surface area contributed by atoms with Gasteiger partial charge in [0, 0.05) is 21.7 Å². The molecule has 0 radical (unpaired) electrons. The maximum atomic E-state index is 12.0. The van der Waals surface area contributed by atoms with Crippen molar-refractivity contribution >= 4 is 22.4 Å². The molecule has 0 bridgehead atoms. The Morgan fingerprint density at radius 3 is 2.59 bits per heavy atom. The second-order valence-electron chi connectivity index (χ2n) is 4.15. The van der Waals surface area contributed by atoms with Crippen molar-refractivity contribution in [3.63, 3.8) is 0 Å². The highest BCUT2D eigenvalue weighted by Gasteiger charge is 2.06. The van der Waals surface area contributed by atoms with E-state index in [9.17, 15) is 4.21 Å². The Kier molecular flexibility index (Phi) is 6.78. The van der Waals surface area contributed by atoms with E-state index in [0.717, 1.165) is 24.3 Å². The van der Waals surface area contributed by atoms with Crippen molar-refractivity contribution in [1.82, 2.24) is 5.32 Å². The first-order valence-electron chi connectivity index (χ1n) is 6.00. The molecule has 0 spiro atoms. The predicted octanol–water partition coefficient (Wildman–Crippen LogP) is 3.23. The van der Waals surface area contributed by atoms with Gasteiger partial charge in [0.25, 0.3) is 0 Å². The van der Waals surface area contributed by atoms with Gasteiger partial charge in [-0.3, -0.25) is 4.21 Å². The van der Waals surface area contributed by atoms with Gasteiger partial charge in [-0.2, -0.15) is 0 Å². The minimum Gasteiger partial charge on any atom is -0.314 e. The Labute approximate surface area is 111 Å². The molecule has 1 aromatic rings. The van der Waals surface area contributed by atoms with Crippen molar-refractivity contribution in [2.24, 2.45) is 0 Å². The van der Waals surface area contributed by atoms with E-state index in [-0.39, 0.29) is 0 Å². The van der Waals surface area contributed by atoms with E-state index in [1.807, 2.05) is 12.1 Å². The van der Waals surface area contributed by atoms with E-state index in [1.165, 1.54) is 0 Å². The highest BCUT2D eigenvalue weighted by Crippen LogP contribution is 2.13. The van der Waals surface area contributed by atoms with Crippen molar-refractivity contribution in [2.45, 2.75) is 37.6 Å². The van der Waals surface area contributed by atoms with E-state index in [2.05, 4.69) is 19.2 Å². The molecule has 1 N–H and O–H groups in total. The van der Waals surface area contributed by atoms with Crippen LogP contribution in [0.2, 0.25) is 5.02 Å². The van der Waals surface area contributed by atoms with Gasteiger partial charge in [-0.1, -0.05) is 18.5 Å². The molecule has 0 aliphatic rings. The zero-order chi connectivity index (χ0) is 12.7. The molecule has 0 fully saturated rings. The standard InChI is InChI=1S/C13H20ClNOS/c1-3-9-15-11(2)8-10-17(16)13-6-4-12(14)5-7-13/h4-7,11,15H,3,8-10H2,1-2H3. The Morgan fingerprint density at radius 2 is 2.00 bits per heavy atom. The van der Waals surface area contributed by atoms with Crippen LogP contribution in [0.3, 0.4) is 0 Å². The quantitative estimate of drug-likeness (QED) is 0.826. The Morgan fingerprint density at radius 1 is 1.35 bits per heavy atom. The van der Waals surface area contributed by atoms with Crippen LogP contribution in [0.5, 0.6) is 0 Å². The lowest BCUT2D eigenvalue weighted by Gasteiger charge is -2.12. The average molecular weight is 274 g/mol. The smallest absolute Gasteiger partial charge is 0.0530 e. The Balaban J connectivity index is 2.36. The first-order valence-corrected chi connectivity index (χ1v) is 7.70. The van der Waals surface area contributed by atoms with Crippen LogP contribution in [-0.2, 0) is 10.8 Å². The minimum absolute atomic E-state index is 0.422. The monoisotopic (exact) mass is 273 g/mol. The Hall–Kier alpha value is -0.380. The van der Waals surface area contributed by atoms with Crippen LogP contribution in [0.4, 0.5) is 0 Å². The van der Waals surface area contributed by atoms with Crippen LogP contribution >= 0.6 is 11.6 Å². The molecule has 0 amide bonds. The molecule has 0 heterocycles. The minimum atomic E-state index is -0.916. The summed E-state index contributed by atoms with van der Waals surface area (Å²) in [5.41, 5.74) is 0. The lowest BCUT2D eigenvalue weighted by Crippen LogP contribution is -2.28. The number of benzene rings is 1. The molecule has 2 nitrogen and oxygen atoms in total. The third-order valence-electron chi connectivity index (χ3n) is 2.56. The molecule has 0 saturated heterocycles. The second kappa shape index (κ2) is 7.85. The third kappa shape index (κ3) is 5.66. The van der Waals surface area contributed by atoms with Gasteiger partial charge >= 0.3 is 0 Å². The molecular weight excluding hydrogens is 254 g/mol. The van der Waals surface area contributed by atoms with Gasteiger partial charge < -0.3 is 5.32 Å². The summed E-state index contributed by atoms with van der Waals surface area (Å²) in [5.74, 6) is 0.694. The van der Waals surface area contributed by atoms with Crippen molar-refractivity contribution < 1.29 is 4.21 Å². The molecule has 4 heteroatoms. The normalized spacial score (nSPS) is 14.5. The average Bonchev–Trinajstić information content (AvgIpc) is 2.34. The van der Waals surface area contributed by atoms with E-state index >= 15 is 0 Å². The molecule has 0 saturated carbocycles. The largest absolute Gasteiger partial charge is 0.314 e. The lowest BCUT2D eigenvalue weighted by molar-refractivity contribution is 0.533. The molecule has 17 heavy (non-hydrogen) atoms. The highest BCUT2D eigenvalue weighted by atomic mass is 35.5. The fraction of sp³-hybridized carbons (Fsp3) is 0.538. The topological polar surface area (TPSA) is 29.1 Å². The molecule has 0 aliphatic heterocycles. The molecule has 2 atom stereocenters. The number of rotatable bonds is 7. The number of nitrogens with one attached hydrogen (secondary N) is 1. The van der Waals surface area contributed by atoms with Gasteiger partial charge in [-0.15, -0.1) is 0 Å². The van der Waals surface area contributed by atoms with Gasteiger partial charge in [-0.05, 0) is 50.6 Å².